The summed E-state index contributed by atoms with van der Waals surface area (Å²) in [4.78, 5) is 15.1. The molecule has 0 aliphatic rings. The fourth-order valence-electron chi connectivity index (χ4n) is 3.88. The number of benzene rings is 3. The normalized spacial score (nSPS) is 10.7. The number of methoxy groups -OCH3 is 1. The number of hydrogen-bond donors (Lipinski definition) is 2. The zero-order chi connectivity index (χ0) is 27.8. The minimum Gasteiger partial charge on any atom is -0.508 e. The van der Waals surface area contributed by atoms with Crippen LogP contribution in [0.25, 0.3) is 0 Å². The second-order valence-corrected chi connectivity index (χ2v) is 10.2. The Morgan fingerprint density at radius 2 is 1.66 bits per heavy atom. The van der Waals surface area contributed by atoms with Gasteiger partial charge in [0.25, 0.3) is 0 Å². The molecule has 7 heteroatoms. The van der Waals surface area contributed by atoms with Crippen LogP contribution in [0.15, 0.2) is 60.7 Å². The molecule has 0 amide bonds. The van der Waals surface area contributed by atoms with Gasteiger partial charge in [-0.15, -0.1) is 0 Å². The molecule has 0 heterocycles. The molecule has 0 saturated heterocycles. The van der Waals surface area contributed by atoms with Crippen molar-refractivity contribution in [3.05, 3.63) is 94.0 Å². The van der Waals surface area contributed by atoms with Gasteiger partial charge in [0, 0.05) is 19.4 Å². The molecule has 2 N–H and O–H groups in total. The molecule has 0 radical (unpaired) electrons. The number of ether oxygens (including phenoxy) is 2. The van der Waals surface area contributed by atoms with Crippen molar-refractivity contribution in [2.45, 2.75) is 46.6 Å². The standard InChI is InChI=1S/C27H33NO3.C4H8O2S/c1-19(2)25-16-23(10-11-27(25)29)17-26-20(3)14-24(15-21(26)4)30-12-13-31-28-18-22-8-6-5-7-9-22;1-6-2-3-7-4-5/h5-11,14-16,19,28-29H,12-13,17-18H2,1-4H3;4H,2-3H2,1H3. The highest BCUT2D eigenvalue weighted by atomic mass is 32.2. The van der Waals surface area contributed by atoms with E-state index in [1.165, 1.54) is 39.6 Å². The molecule has 3 aromatic rings. The number of hydrogen-bond acceptors (Lipinski definition) is 7. The van der Waals surface area contributed by atoms with E-state index in [-0.39, 0.29) is 0 Å². The molecule has 0 fully saturated rings. The van der Waals surface area contributed by atoms with Crippen molar-refractivity contribution in [3.63, 3.8) is 0 Å². The second kappa shape index (κ2) is 17.6. The molecule has 3 aromatic carbocycles. The number of nitrogens with one attached hydrogen (secondary N) is 1. The van der Waals surface area contributed by atoms with E-state index in [9.17, 15) is 9.90 Å². The maximum absolute atomic E-state index is 10.1. The van der Waals surface area contributed by atoms with Gasteiger partial charge in [-0.1, -0.05) is 68.1 Å². The lowest BCUT2D eigenvalue weighted by Gasteiger charge is -2.15. The minimum atomic E-state index is 0.294. The Hall–Kier alpha value is -2.84. The van der Waals surface area contributed by atoms with Crippen molar-refractivity contribution in [1.29, 1.82) is 0 Å². The van der Waals surface area contributed by atoms with Gasteiger partial charge in [-0.05, 0) is 77.8 Å². The van der Waals surface area contributed by atoms with Gasteiger partial charge in [0.2, 0.25) is 0 Å². The number of phenolic OH excluding ortho intramolecular Hbond substituents is 1. The molecule has 0 bridgehead atoms. The van der Waals surface area contributed by atoms with Gasteiger partial charge in [0.15, 0.2) is 5.62 Å². The van der Waals surface area contributed by atoms with E-state index < -0.39 is 0 Å². The first-order chi connectivity index (χ1) is 18.3. The van der Waals surface area contributed by atoms with E-state index in [0.29, 0.717) is 38.0 Å². The summed E-state index contributed by atoms with van der Waals surface area (Å²) in [7, 11) is 1.62. The fraction of sp³-hybridized carbons (Fsp3) is 0.387. The summed E-state index contributed by atoms with van der Waals surface area (Å²) in [5, 5.41) is 10.1. The summed E-state index contributed by atoms with van der Waals surface area (Å²) in [5.74, 6) is 2.29. The molecule has 206 valence electrons. The molecular weight excluding hydrogens is 498 g/mol. The summed E-state index contributed by atoms with van der Waals surface area (Å²) >= 11 is 1.23. The third-order valence-corrected chi connectivity index (χ3v) is 6.45. The maximum Gasteiger partial charge on any atom is 0.176 e. The van der Waals surface area contributed by atoms with Crippen molar-refractivity contribution >= 4 is 17.4 Å². The van der Waals surface area contributed by atoms with Crippen molar-refractivity contribution in [3.8, 4) is 11.5 Å². The molecule has 0 aliphatic heterocycles. The monoisotopic (exact) mass is 539 g/mol. The van der Waals surface area contributed by atoms with Crippen molar-refractivity contribution in [2.75, 3.05) is 32.7 Å². The molecule has 0 aromatic heterocycles. The Bertz CT molecular complexity index is 1080. The number of aromatic hydroxyl groups is 1. The summed E-state index contributed by atoms with van der Waals surface area (Å²) in [6.45, 7) is 10.7. The predicted octanol–water partition coefficient (Wildman–Crippen LogP) is 6.38. The van der Waals surface area contributed by atoms with Crippen LogP contribution < -0.4 is 10.2 Å². The SMILES string of the molecule is COCCSC=O.Cc1cc(OCCONCc2ccccc2)cc(C)c1Cc1ccc(O)c(C(C)C)c1. The topological polar surface area (TPSA) is 77.0 Å². The van der Waals surface area contributed by atoms with Gasteiger partial charge in [-0.3, -0.25) is 9.63 Å². The van der Waals surface area contributed by atoms with Crippen LogP contribution in [0.2, 0.25) is 0 Å². The summed E-state index contributed by atoms with van der Waals surface area (Å²) < 4.78 is 10.6. The molecule has 0 saturated carbocycles. The van der Waals surface area contributed by atoms with Crippen LogP contribution >= 0.6 is 11.8 Å². The van der Waals surface area contributed by atoms with Crippen molar-refractivity contribution in [1.82, 2.24) is 5.48 Å². The molecule has 0 aliphatic carbocycles. The lowest BCUT2D eigenvalue weighted by atomic mass is 9.93. The van der Waals surface area contributed by atoms with Gasteiger partial charge < -0.3 is 14.6 Å². The Kier molecular flexibility index (Phi) is 14.6. The highest BCUT2D eigenvalue weighted by Gasteiger charge is 2.11. The van der Waals surface area contributed by atoms with Gasteiger partial charge in [0.1, 0.15) is 24.7 Å². The fourth-order valence-corrected chi connectivity index (χ4v) is 4.24. The Labute approximate surface area is 231 Å². The van der Waals surface area contributed by atoms with E-state index >= 15 is 0 Å². The lowest BCUT2D eigenvalue weighted by molar-refractivity contribution is 0.0184. The zero-order valence-electron chi connectivity index (χ0n) is 23.2. The first kappa shape index (κ1) is 31.4. The van der Waals surface area contributed by atoms with E-state index in [1.807, 2.05) is 24.3 Å². The van der Waals surface area contributed by atoms with Crippen molar-refractivity contribution in [2.24, 2.45) is 0 Å². The molecule has 6 nitrogen and oxygen atoms in total. The number of thioether (sulfide) groups is 1. The quantitative estimate of drug-likeness (QED) is 0.140. The lowest BCUT2D eigenvalue weighted by Crippen LogP contribution is -2.18. The van der Waals surface area contributed by atoms with E-state index in [1.54, 1.807) is 13.2 Å². The van der Waals surface area contributed by atoms with Crippen LogP contribution in [0.3, 0.4) is 0 Å². The number of rotatable bonds is 14. The Morgan fingerprint density at radius 3 is 2.29 bits per heavy atom. The first-order valence-corrected chi connectivity index (χ1v) is 13.9. The molecule has 0 spiro atoms. The molecule has 0 unspecified atom stereocenters. The van der Waals surface area contributed by atoms with E-state index in [0.717, 1.165) is 29.1 Å². The highest BCUT2D eigenvalue weighted by Crippen LogP contribution is 2.29. The van der Waals surface area contributed by atoms with Crippen molar-refractivity contribution < 1.29 is 24.2 Å². The largest absolute Gasteiger partial charge is 0.508 e. The van der Waals surface area contributed by atoms with Gasteiger partial charge in [0.05, 0.1) is 6.61 Å². The summed E-state index contributed by atoms with van der Waals surface area (Å²) in [5.41, 5.74) is 10.9. The maximum atomic E-state index is 10.1. The minimum absolute atomic E-state index is 0.294. The average molecular weight is 540 g/mol. The number of phenols is 1. The first-order valence-electron chi connectivity index (χ1n) is 12.8. The zero-order valence-corrected chi connectivity index (χ0v) is 24.0. The third kappa shape index (κ3) is 11.3. The van der Waals surface area contributed by atoms with Crippen LogP contribution in [0, 0.1) is 13.8 Å². The van der Waals surface area contributed by atoms with Crippen LogP contribution in [0.4, 0.5) is 0 Å². The molecular formula is C31H41NO5S. The number of aryl methyl sites for hydroxylation is 2. The van der Waals surface area contributed by atoms with E-state index in [2.05, 4.69) is 68.2 Å². The smallest absolute Gasteiger partial charge is 0.176 e. The Morgan fingerprint density at radius 1 is 0.947 bits per heavy atom. The second-order valence-electron chi connectivity index (χ2n) is 9.22. The third-order valence-electron chi connectivity index (χ3n) is 5.91. The number of carbonyl (C=O) groups is 1. The van der Waals surface area contributed by atoms with Crippen LogP contribution in [0.1, 0.15) is 53.1 Å². The van der Waals surface area contributed by atoms with Gasteiger partial charge in [-0.25, -0.2) is 0 Å². The molecule has 38 heavy (non-hydrogen) atoms. The van der Waals surface area contributed by atoms with Crippen LogP contribution in [-0.4, -0.2) is 43.4 Å². The van der Waals surface area contributed by atoms with Gasteiger partial charge in [-0.2, -0.15) is 5.48 Å². The molecule has 0 atom stereocenters. The summed E-state index contributed by atoms with van der Waals surface area (Å²) in [6.07, 6.45) is 0.838. The van der Waals surface area contributed by atoms with Crippen LogP contribution in [0.5, 0.6) is 11.5 Å². The molecule has 3 rings (SSSR count). The number of hydroxylamine groups is 1. The predicted molar refractivity (Wildman–Crippen MR) is 157 cm³/mol. The van der Waals surface area contributed by atoms with E-state index in [4.69, 9.17) is 9.57 Å². The average Bonchev–Trinajstić information content (AvgIpc) is 2.90. The Balaban J connectivity index is 0.000000638. The highest BCUT2D eigenvalue weighted by molar-refractivity contribution is 8.11. The number of carbonyl (C=O) groups excluding carboxylic acids is 1. The van der Waals surface area contributed by atoms with Gasteiger partial charge >= 0.3 is 0 Å². The summed E-state index contributed by atoms with van der Waals surface area (Å²) in [6, 6.07) is 20.2. The van der Waals surface area contributed by atoms with Crippen LogP contribution in [-0.2, 0) is 27.3 Å².